The van der Waals surface area contributed by atoms with Crippen LogP contribution in [0.5, 0.6) is 0 Å². The number of carbonyl (C=O) groups excluding carboxylic acids is 2. The van der Waals surface area contributed by atoms with Gasteiger partial charge in [0.1, 0.15) is 0 Å². The first-order valence-corrected chi connectivity index (χ1v) is 13.1. The number of methoxy groups -OCH3 is 2. The van der Waals surface area contributed by atoms with Gasteiger partial charge in [-0.2, -0.15) is 0 Å². The molecule has 0 aliphatic heterocycles. The van der Waals surface area contributed by atoms with E-state index in [0.717, 1.165) is 0 Å². The highest BCUT2D eigenvalue weighted by molar-refractivity contribution is 6.60. The third-order valence-corrected chi connectivity index (χ3v) is 8.05. The molecule has 0 fully saturated rings. The van der Waals surface area contributed by atoms with E-state index in [4.69, 9.17) is 32.2 Å². The number of esters is 2. The lowest BCUT2D eigenvalue weighted by Gasteiger charge is -2.47. The van der Waals surface area contributed by atoms with Crippen LogP contribution in [0.2, 0.25) is 6.04 Å². The highest BCUT2D eigenvalue weighted by atomic mass is 28.4. The molecule has 0 N–H and O–H groups in total. The fourth-order valence-corrected chi connectivity index (χ4v) is 5.90. The Morgan fingerprint density at radius 1 is 0.909 bits per heavy atom. The van der Waals surface area contributed by atoms with Crippen molar-refractivity contribution in [3.63, 3.8) is 0 Å². The van der Waals surface area contributed by atoms with Crippen LogP contribution < -0.4 is 0 Å². The molecular formula is C23H42O9Si. The zero-order valence-corrected chi connectivity index (χ0v) is 22.5. The van der Waals surface area contributed by atoms with Crippen molar-refractivity contribution in [2.45, 2.75) is 78.4 Å². The van der Waals surface area contributed by atoms with Crippen molar-refractivity contribution in [1.82, 2.24) is 0 Å². The molecule has 33 heavy (non-hydrogen) atoms. The second-order valence-corrected chi connectivity index (χ2v) is 10.4. The fourth-order valence-electron chi connectivity index (χ4n) is 3.07. The Morgan fingerprint density at radius 2 is 1.45 bits per heavy atom. The highest BCUT2D eigenvalue weighted by Gasteiger charge is 2.61. The van der Waals surface area contributed by atoms with E-state index in [1.54, 1.807) is 13.8 Å². The van der Waals surface area contributed by atoms with Crippen LogP contribution in [0.15, 0.2) is 24.3 Å². The zero-order chi connectivity index (χ0) is 25.7. The highest BCUT2D eigenvalue weighted by Crippen LogP contribution is 2.40. The van der Waals surface area contributed by atoms with Crippen molar-refractivity contribution >= 4 is 20.7 Å². The largest absolute Gasteiger partial charge is 0.505 e. The van der Waals surface area contributed by atoms with E-state index >= 15 is 0 Å². The smallest absolute Gasteiger partial charge is 0.462 e. The number of hydrogen-bond acceptors (Lipinski definition) is 9. The van der Waals surface area contributed by atoms with Gasteiger partial charge in [-0.1, -0.05) is 26.5 Å². The second kappa shape index (κ2) is 14.6. The van der Waals surface area contributed by atoms with Gasteiger partial charge in [0, 0.05) is 44.6 Å². The molecule has 0 aliphatic carbocycles. The summed E-state index contributed by atoms with van der Waals surface area (Å²) in [4.78, 5) is 24.4. The number of hydrogen-bond donors (Lipinski definition) is 0. The molecule has 0 aromatic carbocycles. The molecule has 2 unspecified atom stereocenters. The molecule has 0 aromatic rings. The van der Waals surface area contributed by atoms with Gasteiger partial charge in [-0.3, -0.25) is 0 Å². The van der Waals surface area contributed by atoms with Crippen LogP contribution >= 0.6 is 0 Å². The summed E-state index contributed by atoms with van der Waals surface area (Å²) in [6.45, 7) is 18.4. The van der Waals surface area contributed by atoms with Gasteiger partial charge in [0.25, 0.3) is 0 Å². The van der Waals surface area contributed by atoms with E-state index in [9.17, 15) is 9.59 Å². The van der Waals surface area contributed by atoms with E-state index in [1.165, 1.54) is 21.1 Å². The molecule has 0 spiro atoms. The molecule has 192 valence electrons. The topological polar surface area (TPSA) is 98.8 Å². The predicted octanol–water partition coefficient (Wildman–Crippen LogP) is 4.15. The molecule has 0 rings (SSSR count). The van der Waals surface area contributed by atoms with E-state index < -0.39 is 32.3 Å². The minimum absolute atomic E-state index is 0.104. The number of carbonyl (C=O) groups is 2. The summed E-state index contributed by atoms with van der Waals surface area (Å²) in [6.07, 6.45) is 1.33. The molecule has 0 aromatic heterocycles. The first-order valence-electron chi connectivity index (χ1n) is 11.2. The van der Waals surface area contributed by atoms with Crippen LogP contribution in [-0.2, 0) is 41.8 Å². The molecular weight excluding hydrogens is 448 g/mol. The summed E-state index contributed by atoms with van der Waals surface area (Å²) in [5, 5.41) is 0. The lowest BCUT2D eigenvalue weighted by atomic mass is 9.96. The quantitative estimate of drug-likeness (QED) is 0.0922. The minimum Gasteiger partial charge on any atom is -0.462 e. The Kier molecular flexibility index (Phi) is 14.0. The number of rotatable bonds is 18. The molecule has 0 amide bonds. The number of ether oxygens (including phenoxy) is 4. The summed E-state index contributed by atoms with van der Waals surface area (Å²) in [7, 11) is -0.560. The predicted molar refractivity (Wildman–Crippen MR) is 126 cm³/mol. The van der Waals surface area contributed by atoms with Crippen LogP contribution in [0.25, 0.3) is 0 Å². The van der Waals surface area contributed by atoms with Gasteiger partial charge in [-0.05, 0) is 47.5 Å². The van der Waals surface area contributed by atoms with Crippen molar-refractivity contribution in [3.8, 4) is 0 Å². The maximum Gasteiger partial charge on any atom is 0.505 e. The van der Waals surface area contributed by atoms with Crippen molar-refractivity contribution in [2.75, 3.05) is 34.0 Å². The summed E-state index contributed by atoms with van der Waals surface area (Å²) < 4.78 is 40.9. The summed E-state index contributed by atoms with van der Waals surface area (Å²) >= 11 is 0. The lowest BCUT2D eigenvalue weighted by Crippen LogP contribution is -2.65. The Bertz CT molecular complexity index is 649. The third kappa shape index (κ3) is 8.95. The first kappa shape index (κ1) is 31.4. The molecule has 0 saturated carbocycles. The molecule has 2 atom stereocenters. The van der Waals surface area contributed by atoms with E-state index in [0.29, 0.717) is 37.7 Å². The fraction of sp³-hybridized carbons (Fsp3) is 0.739. The Balaban J connectivity index is 6.22. The Morgan fingerprint density at radius 3 is 1.85 bits per heavy atom. The monoisotopic (exact) mass is 490 g/mol. The average molecular weight is 491 g/mol. The molecule has 0 bridgehead atoms. The van der Waals surface area contributed by atoms with Gasteiger partial charge in [-0.15, -0.1) is 0 Å². The molecule has 0 aliphatic rings. The van der Waals surface area contributed by atoms with E-state index in [1.807, 2.05) is 20.8 Å². The first-order chi connectivity index (χ1) is 15.4. The van der Waals surface area contributed by atoms with Gasteiger partial charge in [0.2, 0.25) is 0 Å². The summed E-state index contributed by atoms with van der Waals surface area (Å²) in [5.41, 5.74) is -0.856. The zero-order valence-electron chi connectivity index (χ0n) is 21.5. The lowest BCUT2D eigenvalue weighted by molar-refractivity contribution is -0.399. The minimum atomic E-state index is -3.37. The average Bonchev–Trinajstić information content (AvgIpc) is 2.76. The van der Waals surface area contributed by atoms with Gasteiger partial charge < -0.3 is 32.2 Å². The molecule has 9 nitrogen and oxygen atoms in total. The van der Waals surface area contributed by atoms with Crippen molar-refractivity contribution in [3.05, 3.63) is 24.3 Å². The normalized spacial score (nSPS) is 15.3. The standard InChI is InChI=1S/C23H42O9Si/c1-11-17-33(29-12-2,30-13-3)32-23(27-10,31-21(25)19(6)7)22(8,26-9)15-14-16-28-20(24)18(4)5/h4,6,11-17H2,1-3,5,7-10H3. The van der Waals surface area contributed by atoms with Crippen LogP contribution in [0.1, 0.15) is 60.8 Å². The Labute approximate surface area is 199 Å². The maximum absolute atomic E-state index is 12.7. The summed E-state index contributed by atoms with van der Waals surface area (Å²) in [6, 6.07) is 0.473. The van der Waals surface area contributed by atoms with Gasteiger partial charge in [-0.25, -0.2) is 9.59 Å². The van der Waals surface area contributed by atoms with E-state index in [-0.39, 0.29) is 18.6 Å². The molecule has 10 heteroatoms. The maximum atomic E-state index is 12.7. The molecule has 0 heterocycles. The van der Waals surface area contributed by atoms with E-state index in [2.05, 4.69) is 13.2 Å². The van der Waals surface area contributed by atoms with Crippen LogP contribution in [-0.4, -0.2) is 66.4 Å². The van der Waals surface area contributed by atoms with Gasteiger partial charge in [0.15, 0.2) is 5.60 Å². The molecule has 0 saturated heterocycles. The van der Waals surface area contributed by atoms with Gasteiger partial charge in [0.05, 0.1) is 6.61 Å². The van der Waals surface area contributed by atoms with Crippen molar-refractivity contribution in [2.24, 2.45) is 0 Å². The van der Waals surface area contributed by atoms with Crippen LogP contribution in [0.3, 0.4) is 0 Å². The molecule has 0 radical (unpaired) electrons. The van der Waals surface area contributed by atoms with Gasteiger partial charge >= 0.3 is 26.7 Å². The van der Waals surface area contributed by atoms with Crippen molar-refractivity contribution < 1.29 is 41.8 Å². The van der Waals surface area contributed by atoms with Crippen LogP contribution in [0, 0.1) is 0 Å². The Hall–Kier alpha value is -1.56. The SMILES string of the molecule is C=C(C)C(=O)OCCCC(C)(OC)C(OC)(OC(=O)C(=C)C)O[Si](CCC)(OCC)OCC. The van der Waals surface area contributed by atoms with Crippen LogP contribution in [0.4, 0.5) is 0 Å². The summed E-state index contributed by atoms with van der Waals surface area (Å²) in [5.74, 6) is -3.22. The van der Waals surface area contributed by atoms with Crippen molar-refractivity contribution in [1.29, 1.82) is 0 Å². The third-order valence-electron chi connectivity index (χ3n) is 4.90. The second-order valence-electron chi connectivity index (χ2n) is 7.79.